The van der Waals surface area contributed by atoms with Crippen LogP contribution >= 0.6 is 0 Å². The first-order valence-electron chi connectivity index (χ1n) is 4.21. The summed E-state index contributed by atoms with van der Waals surface area (Å²) in [5.41, 5.74) is 4.02. The van der Waals surface area contributed by atoms with Crippen LogP contribution in [0.4, 0.5) is 0 Å². The zero-order chi connectivity index (χ0) is 10.1. The van der Waals surface area contributed by atoms with Crippen LogP contribution in [0.15, 0.2) is 0 Å². The molecule has 1 rings (SSSR count). The summed E-state index contributed by atoms with van der Waals surface area (Å²) in [7, 11) is 0. The van der Waals surface area contributed by atoms with Crippen molar-refractivity contribution in [2.75, 3.05) is 13.2 Å². The SMILES string of the molecule is CC(CO)(C(N)=O)C1CCNC1=O. The zero-order valence-corrected chi connectivity index (χ0v) is 7.54. The van der Waals surface area contributed by atoms with Gasteiger partial charge >= 0.3 is 0 Å². The molecule has 2 atom stereocenters. The highest BCUT2D eigenvalue weighted by molar-refractivity contribution is 5.90. The maximum Gasteiger partial charge on any atom is 0.226 e. The summed E-state index contributed by atoms with van der Waals surface area (Å²) < 4.78 is 0. The number of primary amides is 1. The highest BCUT2D eigenvalue weighted by Crippen LogP contribution is 2.31. The third-order valence-electron chi connectivity index (χ3n) is 2.71. The molecule has 2 amide bonds. The van der Waals surface area contributed by atoms with Gasteiger partial charge in [-0.05, 0) is 13.3 Å². The van der Waals surface area contributed by atoms with Gasteiger partial charge in [-0.3, -0.25) is 9.59 Å². The van der Waals surface area contributed by atoms with Crippen LogP contribution in [-0.2, 0) is 9.59 Å². The quantitative estimate of drug-likeness (QED) is 0.506. The van der Waals surface area contributed by atoms with Gasteiger partial charge in [-0.1, -0.05) is 0 Å². The molecule has 0 spiro atoms. The average Bonchev–Trinajstić information content (AvgIpc) is 2.50. The lowest BCUT2D eigenvalue weighted by Crippen LogP contribution is -2.46. The van der Waals surface area contributed by atoms with E-state index in [0.29, 0.717) is 13.0 Å². The van der Waals surface area contributed by atoms with E-state index in [1.54, 1.807) is 0 Å². The number of rotatable bonds is 3. The molecule has 5 heteroatoms. The van der Waals surface area contributed by atoms with Crippen LogP contribution < -0.4 is 11.1 Å². The first kappa shape index (κ1) is 9.98. The lowest BCUT2D eigenvalue weighted by Gasteiger charge is -2.27. The molecule has 0 radical (unpaired) electrons. The topological polar surface area (TPSA) is 92.4 Å². The highest BCUT2D eigenvalue weighted by Gasteiger charge is 2.45. The van der Waals surface area contributed by atoms with Crippen LogP contribution in [0.3, 0.4) is 0 Å². The highest BCUT2D eigenvalue weighted by atomic mass is 16.3. The standard InChI is InChI=1S/C8H14N2O3/c1-8(4-11,7(9)13)5-2-3-10-6(5)12/h5,11H,2-4H2,1H3,(H2,9,13)(H,10,12). The van der Waals surface area contributed by atoms with Gasteiger partial charge in [-0.2, -0.15) is 0 Å². The van der Waals surface area contributed by atoms with E-state index in [1.165, 1.54) is 6.92 Å². The molecular weight excluding hydrogens is 172 g/mol. The normalized spacial score (nSPS) is 26.6. The van der Waals surface area contributed by atoms with E-state index in [4.69, 9.17) is 10.8 Å². The summed E-state index contributed by atoms with van der Waals surface area (Å²) in [5, 5.41) is 11.7. The molecule has 0 saturated carbocycles. The number of nitrogens with two attached hydrogens (primary N) is 1. The van der Waals surface area contributed by atoms with Gasteiger partial charge in [0.1, 0.15) is 0 Å². The van der Waals surface area contributed by atoms with Crippen molar-refractivity contribution < 1.29 is 14.7 Å². The van der Waals surface area contributed by atoms with Crippen LogP contribution in [0.1, 0.15) is 13.3 Å². The summed E-state index contributed by atoms with van der Waals surface area (Å²) in [4.78, 5) is 22.3. The van der Waals surface area contributed by atoms with Crippen molar-refractivity contribution >= 4 is 11.8 Å². The molecule has 0 aliphatic carbocycles. The molecular formula is C8H14N2O3. The van der Waals surface area contributed by atoms with Crippen LogP contribution in [-0.4, -0.2) is 30.1 Å². The molecule has 5 nitrogen and oxygen atoms in total. The van der Waals surface area contributed by atoms with Crippen LogP contribution in [0.2, 0.25) is 0 Å². The van der Waals surface area contributed by atoms with Crippen LogP contribution in [0.25, 0.3) is 0 Å². The maximum atomic E-state index is 11.3. The third kappa shape index (κ3) is 1.51. The largest absolute Gasteiger partial charge is 0.395 e. The number of aliphatic hydroxyl groups is 1. The molecule has 74 valence electrons. The molecule has 1 heterocycles. The summed E-state index contributed by atoms with van der Waals surface area (Å²) in [5.74, 6) is -1.32. The van der Waals surface area contributed by atoms with Gasteiger partial charge in [0.25, 0.3) is 0 Å². The van der Waals surface area contributed by atoms with Crippen molar-refractivity contribution in [1.82, 2.24) is 5.32 Å². The monoisotopic (exact) mass is 186 g/mol. The lowest BCUT2D eigenvalue weighted by molar-refractivity contribution is -0.139. The minimum Gasteiger partial charge on any atom is -0.395 e. The van der Waals surface area contributed by atoms with Crippen molar-refractivity contribution in [2.45, 2.75) is 13.3 Å². The van der Waals surface area contributed by atoms with E-state index >= 15 is 0 Å². The molecule has 0 bridgehead atoms. The lowest BCUT2D eigenvalue weighted by atomic mass is 9.76. The fraction of sp³-hybridized carbons (Fsp3) is 0.750. The Morgan fingerprint density at radius 3 is 2.77 bits per heavy atom. The minimum absolute atomic E-state index is 0.199. The molecule has 1 fully saturated rings. The maximum absolute atomic E-state index is 11.3. The van der Waals surface area contributed by atoms with Crippen molar-refractivity contribution in [3.63, 3.8) is 0 Å². The molecule has 2 unspecified atom stereocenters. The van der Waals surface area contributed by atoms with Crippen molar-refractivity contribution in [3.05, 3.63) is 0 Å². The van der Waals surface area contributed by atoms with Gasteiger partial charge in [-0.15, -0.1) is 0 Å². The van der Waals surface area contributed by atoms with Crippen molar-refractivity contribution in [3.8, 4) is 0 Å². The summed E-state index contributed by atoms with van der Waals surface area (Å²) in [6.45, 7) is 1.68. The Balaban J connectivity index is 2.87. The molecule has 13 heavy (non-hydrogen) atoms. The third-order valence-corrected chi connectivity index (χ3v) is 2.71. The smallest absolute Gasteiger partial charge is 0.226 e. The molecule has 0 aromatic carbocycles. The van der Waals surface area contributed by atoms with Gasteiger partial charge < -0.3 is 16.2 Å². The Morgan fingerprint density at radius 1 is 1.85 bits per heavy atom. The van der Waals surface area contributed by atoms with Gasteiger partial charge in [0.05, 0.1) is 17.9 Å². The number of hydrogen-bond donors (Lipinski definition) is 3. The van der Waals surface area contributed by atoms with E-state index in [0.717, 1.165) is 0 Å². The Labute approximate surface area is 76.3 Å². The molecule has 1 aliphatic heterocycles. The zero-order valence-electron chi connectivity index (χ0n) is 7.54. The number of hydrogen-bond acceptors (Lipinski definition) is 3. The molecule has 1 aliphatic rings. The first-order valence-corrected chi connectivity index (χ1v) is 4.21. The molecule has 0 aromatic rings. The molecule has 0 aromatic heterocycles. The Morgan fingerprint density at radius 2 is 2.46 bits per heavy atom. The molecule has 4 N–H and O–H groups in total. The Bertz CT molecular complexity index is 240. The second-order valence-corrected chi connectivity index (χ2v) is 3.57. The van der Waals surface area contributed by atoms with E-state index in [-0.39, 0.29) is 12.5 Å². The fourth-order valence-electron chi connectivity index (χ4n) is 1.56. The Kier molecular flexibility index (Phi) is 2.56. The predicted molar refractivity (Wildman–Crippen MR) is 45.5 cm³/mol. The average molecular weight is 186 g/mol. The van der Waals surface area contributed by atoms with Gasteiger partial charge in [0.2, 0.25) is 11.8 Å². The minimum atomic E-state index is -1.12. The first-order chi connectivity index (χ1) is 6.02. The number of carbonyl (C=O) groups is 2. The second kappa shape index (κ2) is 3.33. The number of carbonyl (C=O) groups excluding carboxylic acids is 2. The number of nitrogens with one attached hydrogen (secondary N) is 1. The predicted octanol–water partition coefficient (Wildman–Crippen LogP) is -1.39. The fourth-order valence-corrected chi connectivity index (χ4v) is 1.56. The van der Waals surface area contributed by atoms with Crippen LogP contribution in [0.5, 0.6) is 0 Å². The van der Waals surface area contributed by atoms with Gasteiger partial charge in [0.15, 0.2) is 0 Å². The summed E-state index contributed by atoms with van der Waals surface area (Å²) >= 11 is 0. The number of amides is 2. The summed E-state index contributed by atoms with van der Waals surface area (Å²) in [6.07, 6.45) is 0.554. The summed E-state index contributed by atoms with van der Waals surface area (Å²) in [6, 6.07) is 0. The van der Waals surface area contributed by atoms with E-state index < -0.39 is 17.2 Å². The van der Waals surface area contributed by atoms with Gasteiger partial charge in [0, 0.05) is 6.54 Å². The van der Waals surface area contributed by atoms with E-state index in [9.17, 15) is 9.59 Å². The second-order valence-electron chi connectivity index (χ2n) is 3.57. The van der Waals surface area contributed by atoms with Crippen molar-refractivity contribution in [2.24, 2.45) is 17.1 Å². The van der Waals surface area contributed by atoms with Crippen molar-refractivity contribution in [1.29, 1.82) is 0 Å². The van der Waals surface area contributed by atoms with E-state index in [2.05, 4.69) is 5.32 Å². The Hall–Kier alpha value is -1.10. The number of aliphatic hydroxyl groups excluding tert-OH is 1. The van der Waals surface area contributed by atoms with E-state index in [1.807, 2.05) is 0 Å². The molecule has 1 saturated heterocycles. The van der Waals surface area contributed by atoms with Gasteiger partial charge in [-0.25, -0.2) is 0 Å². The van der Waals surface area contributed by atoms with Crippen LogP contribution in [0, 0.1) is 11.3 Å².